The van der Waals surface area contributed by atoms with Crippen LogP contribution in [0.25, 0.3) is 0 Å². The van der Waals surface area contributed by atoms with Crippen molar-refractivity contribution in [3.8, 4) is 0 Å². The zero-order chi connectivity index (χ0) is 12.7. The number of hydrogen-bond acceptors (Lipinski definition) is 2. The van der Waals surface area contributed by atoms with Crippen LogP contribution in [0.15, 0.2) is 24.3 Å². The van der Waals surface area contributed by atoms with E-state index in [2.05, 4.69) is 30.9 Å². The topological polar surface area (TPSA) is 23.5 Å². The number of aliphatic hydroxyl groups is 1. The van der Waals surface area contributed by atoms with Gasteiger partial charge in [-0.25, -0.2) is 0 Å². The van der Waals surface area contributed by atoms with Crippen LogP contribution in [0.5, 0.6) is 0 Å². The maximum absolute atomic E-state index is 10.1. The van der Waals surface area contributed by atoms with Crippen molar-refractivity contribution < 1.29 is 5.11 Å². The second kappa shape index (κ2) is 7.33. The Morgan fingerprint density at radius 3 is 2.18 bits per heavy atom. The van der Waals surface area contributed by atoms with Gasteiger partial charge in [-0.3, -0.25) is 0 Å². The molecule has 0 amide bonds. The Labute approximate surface area is 105 Å². The molecule has 1 rings (SSSR count). The number of nitrogens with zero attached hydrogens (tertiary/aromatic N) is 1. The first kappa shape index (κ1) is 14.0. The molecule has 1 aromatic rings. The number of aliphatic hydroxyl groups excluding tert-OH is 1. The summed E-state index contributed by atoms with van der Waals surface area (Å²) in [6.07, 6.45) is 2.69. The van der Waals surface area contributed by atoms with Gasteiger partial charge in [0.05, 0.1) is 6.10 Å². The third-order valence-electron chi connectivity index (χ3n) is 3.01. The normalized spacial score (nSPS) is 12.5. The van der Waals surface area contributed by atoms with Gasteiger partial charge < -0.3 is 10.0 Å². The predicted molar refractivity (Wildman–Crippen MR) is 74.5 cm³/mol. The number of benzene rings is 1. The van der Waals surface area contributed by atoms with Crippen LogP contribution in [-0.2, 0) is 0 Å². The molecule has 0 aliphatic carbocycles. The molecule has 0 aromatic heterocycles. The number of anilines is 1. The second-order valence-corrected chi connectivity index (χ2v) is 4.47. The fourth-order valence-electron chi connectivity index (χ4n) is 2.17. The predicted octanol–water partition coefficient (Wildman–Crippen LogP) is 3.76. The van der Waals surface area contributed by atoms with Crippen molar-refractivity contribution in [3.63, 3.8) is 0 Å². The Bertz CT molecular complexity index is 318. The zero-order valence-electron chi connectivity index (χ0n) is 11.3. The highest BCUT2D eigenvalue weighted by molar-refractivity contribution is 5.54. The van der Waals surface area contributed by atoms with E-state index in [-0.39, 0.29) is 6.10 Å². The van der Waals surface area contributed by atoms with E-state index in [1.54, 1.807) is 0 Å². The Morgan fingerprint density at radius 2 is 1.65 bits per heavy atom. The summed E-state index contributed by atoms with van der Waals surface area (Å²) in [6, 6.07) is 8.23. The van der Waals surface area contributed by atoms with Crippen molar-refractivity contribution in [2.45, 2.75) is 46.1 Å². The minimum atomic E-state index is -0.345. The molecular weight excluding hydrogens is 210 g/mol. The molecule has 0 aliphatic rings. The highest BCUT2D eigenvalue weighted by Gasteiger charge is 2.14. The molecule has 0 saturated carbocycles. The minimum Gasteiger partial charge on any atom is -0.388 e. The van der Waals surface area contributed by atoms with Crippen molar-refractivity contribution >= 4 is 5.69 Å². The van der Waals surface area contributed by atoms with Crippen LogP contribution in [0.4, 0.5) is 5.69 Å². The van der Waals surface area contributed by atoms with Crippen LogP contribution in [0, 0.1) is 0 Å². The molecule has 0 spiro atoms. The van der Waals surface area contributed by atoms with Gasteiger partial charge in [0.25, 0.3) is 0 Å². The van der Waals surface area contributed by atoms with E-state index in [1.165, 1.54) is 5.69 Å². The van der Waals surface area contributed by atoms with E-state index >= 15 is 0 Å². The van der Waals surface area contributed by atoms with Crippen LogP contribution >= 0.6 is 0 Å². The fraction of sp³-hybridized carbons (Fsp3) is 0.600. The molecule has 0 radical (unpaired) electrons. The molecule has 1 N–H and O–H groups in total. The van der Waals surface area contributed by atoms with Crippen molar-refractivity contribution in [2.24, 2.45) is 0 Å². The fourth-order valence-corrected chi connectivity index (χ4v) is 2.17. The van der Waals surface area contributed by atoms with E-state index in [0.29, 0.717) is 0 Å². The van der Waals surface area contributed by atoms with E-state index in [0.717, 1.165) is 37.9 Å². The highest BCUT2D eigenvalue weighted by atomic mass is 16.3. The van der Waals surface area contributed by atoms with Gasteiger partial charge in [-0.15, -0.1) is 0 Å². The van der Waals surface area contributed by atoms with Crippen LogP contribution in [-0.4, -0.2) is 18.2 Å². The molecule has 0 unspecified atom stereocenters. The van der Waals surface area contributed by atoms with Gasteiger partial charge >= 0.3 is 0 Å². The molecule has 0 bridgehead atoms. The second-order valence-electron chi connectivity index (χ2n) is 4.47. The van der Waals surface area contributed by atoms with Crippen LogP contribution < -0.4 is 4.90 Å². The lowest BCUT2D eigenvalue weighted by Crippen LogP contribution is -2.26. The van der Waals surface area contributed by atoms with E-state index in [9.17, 15) is 5.11 Å². The molecular formula is C15H25NO. The molecule has 2 nitrogen and oxygen atoms in total. The number of hydrogen-bond donors (Lipinski definition) is 1. The van der Waals surface area contributed by atoms with Gasteiger partial charge in [0.1, 0.15) is 0 Å². The van der Waals surface area contributed by atoms with Crippen molar-refractivity contribution in [1.82, 2.24) is 0 Å². The van der Waals surface area contributed by atoms with Gasteiger partial charge in [0.15, 0.2) is 0 Å². The van der Waals surface area contributed by atoms with E-state index in [4.69, 9.17) is 0 Å². The first-order chi connectivity index (χ1) is 8.24. The highest BCUT2D eigenvalue weighted by Crippen LogP contribution is 2.28. The summed E-state index contributed by atoms with van der Waals surface area (Å²) in [7, 11) is 0. The molecule has 1 atom stereocenters. The number of para-hydroxylation sites is 1. The van der Waals surface area contributed by atoms with Crippen molar-refractivity contribution in [3.05, 3.63) is 29.8 Å². The molecule has 0 aliphatic heterocycles. The summed E-state index contributed by atoms with van der Waals surface area (Å²) < 4.78 is 0. The summed E-state index contributed by atoms with van der Waals surface area (Å²) >= 11 is 0. The van der Waals surface area contributed by atoms with Gasteiger partial charge in [-0.2, -0.15) is 0 Å². The summed E-state index contributed by atoms with van der Waals surface area (Å²) in [5, 5.41) is 10.1. The SMILES string of the molecule is CCCN(CCC)c1ccccc1[C@H](O)CC. The smallest absolute Gasteiger partial charge is 0.0807 e. The average Bonchev–Trinajstić information content (AvgIpc) is 2.37. The number of rotatable bonds is 7. The van der Waals surface area contributed by atoms with Gasteiger partial charge in [-0.1, -0.05) is 39.0 Å². The maximum Gasteiger partial charge on any atom is 0.0807 e. The van der Waals surface area contributed by atoms with Crippen molar-refractivity contribution in [1.29, 1.82) is 0 Å². The quantitative estimate of drug-likeness (QED) is 0.778. The van der Waals surface area contributed by atoms with Crippen molar-refractivity contribution in [2.75, 3.05) is 18.0 Å². The van der Waals surface area contributed by atoms with Gasteiger partial charge in [0.2, 0.25) is 0 Å². The Balaban J connectivity index is 2.99. The standard InChI is InChI=1S/C15H25NO/c1-4-11-16(12-5-2)14-10-8-7-9-13(14)15(17)6-3/h7-10,15,17H,4-6,11-12H2,1-3H3/t15-/m1/s1. The van der Waals surface area contributed by atoms with E-state index in [1.807, 2.05) is 19.1 Å². The monoisotopic (exact) mass is 235 g/mol. The van der Waals surface area contributed by atoms with Crippen LogP contribution in [0.1, 0.15) is 51.7 Å². The van der Waals surface area contributed by atoms with Gasteiger partial charge in [0, 0.05) is 24.3 Å². The Morgan fingerprint density at radius 1 is 1.06 bits per heavy atom. The third-order valence-corrected chi connectivity index (χ3v) is 3.01. The molecule has 0 saturated heterocycles. The zero-order valence-corrected chi connectivity index (χ0v) is 11.3. The van der Waals surface area contributed by atoms with E-state index < -0.39 is 0 Å². The largest absolute Gasteiger partial charge is 0.388 e. The lowest BCUT2D eigenvalue weighted by molar-refractivity contribution is 0.174. The maximum atomic E-state index is 10.1. The first-order valence-corrected chi connectivity index (χ1v) is 6.76. The lowest BCUT2D eigenvalue weighted by atomic mass is 10.0. The van der Waals surface area contributed by atoms with Gasteiger partial charge in [-0.05, 0) is 25.3 Å². The molecule has 17 heavy (non-hydrogen) atoms. The lowest BCUT2D eigenvalue weighted by Gasteiger charge is -2.27. The molecule has 0 heterocycles. The molecule has 2 heteroatoms. The summed E-state index contributed by atoms with van der Waals surface area (Å²) in [6.45, 7) is 8.52. The van der Waals surface area contributed by atoms with Crippen LogP contribution in [0.3, 0.4) is 0 Å². The molecule has 96 valence electrons. The molecule has 0 fully saturated rings. The summed E-state index contributed by atoms with van der Waals surface area (Å²) in [5.41, 5.74) is 2.27. The first-order valence-electron chi connectivity index (χ1n) is 6.76. The minimum absolute atomic E-state index is 0.345. The molecule has 1 aromatic carbocycles. The van der Waals surface area contributed by atoms with Crippen LogP contribution in [0.2, 0.25) is 0 Å². The Kier molecular flexibility index (Phi) is 6.06. The Hall–Kier alpha value is -1.02. The summed E-state index contributed by atoms with van der Waals surface area (Å²) in [4.78, 5) is 2.38. The average molecular weight is 235 g/mol. The third kappa shape index (κ3) is 3.74. The summed E-state index contributed by atoms with van der Waals surface area (Å²) in [5.74, 6) is 0.